The molecule has 2 aliphatic rings. The molecule has 0 bridgehead atoms. The molecule has 0 saturated carbocycles. The lowest BCUT2D eigenvalue weighted by Gasteiger charge is -2.33. The third-order valence-corrected chi connectivity index (χ3v) is 6.64. The van der Waals surface area contributed by atoms with Gasteiger partial charge in [-0.25, -0.2) is 0 Å². The molecule has 2 atom stereocenters. The van der Waals surface area contributed by atoms with Crippen molar-refractivity contribution in [3.05, 3.63) is 64.7 Å². The maximum atomic E-state index is 6.12. The Morgan fingerprint density at radius 1 is 1.21 bits per heavy atom. The van der Waals surface area contributed by atoms with Crippen molar-refractivity contribution < 1.29 is 9.47 Å². The number of halogens is 1. The zero-order valence-corrected chi connectivity index (χ0v) is 17.6. The molecule has 2 heterocycles. The minimum Gasteiger partial charge on any atom is -0.492 e. The van der Waals surface area contributed by atoms with E-state index in [-0.39, 0.29) is 6.10 Å². The van der Waals surface area contributed by atoms with Gasteiger partial charge in [-0.1, -0.05) is 35.9 Å². The summed E-state index contributed by atoms with van der Waals surface area (Å²) < 4.78 is 11.9. The minimum atomic E-state index is 0.0784. The highest BCUT2D eigenvalue weighted by Gasteiger charge is 2.22. The largest absolute Gasteiger partial charge is 0.492 e. The fourth-order valence-electron chi connectivity index (χ4n) is 3.68. The Balaban J connectivity index is 1.22. The van der Waals surface area contributed by atoms with Gasteiger partial charge in [0.25, 0.3) is 0 Å². The van der Waals surface area contributed by atoms with Crippen LogP contribution in [0, 0.1) is 0 Å². The van der Waals surface area contributed by atoms with E-state index in [0.717, 1.165) is 61.4 Å². The second-order valence-electron chi connectivity index (χ2n) is 7.30. The van der Waals surface area contributed by atoms with Crippen molar-refractivity contribution in [1.82, 2.24) is 10.2 Å². The molecule has 0 amide bonds. The standard InChI is InChI=1S/C22H27ClN2O2S/c23-19-3-1-2-18(13-19)22-15-25(9-11-27-22)8-10-26-20-6-4-17(5-7-20)12-21-14-24-16-28-21/h1-7,13,21-22,24H,8-12,14-16H2. The summed E-state index contributed by atoms with van der Waals surface area (Å²) in [4.78, 5) is 2.40. The second kappa shape index (κ2) is 9.99. The summed E-state index contributed by atoms with van der Waals surface area (Å²) in [5.74, 6) is 2.02. The molecule has 0 spiro atoms. The molecule has 4 nitrogen and oxygen atoms in total. The normalized spacial score (nSPS) is 23.0. The lowest BCUT2D eigenvalue weighted by Crippen LogP contribution is -2.40. The quantitative estimate of drug-likeness (QED) is 0.735. The van der Waals surface area contributed by atoms with Gasteiger partial charge < -0.3 is 14.8 Å². The van der Waals surface area contributed by atoms with Crippen LogP contribution < -0.4 is 10.1 Å². The minimum absolute atomic E-state index is 0.0784. The van der Waals surface area contributed by atoms with Gasteiger partial charge in [0.2, 0.25) is 0 Å². The van der Waals surface area contributed by atoms with Crippen LogP contribution in [0.2, 0.25) is 5.02 Å². The lowest BCUT2D eigenvalue weighted by atomic mass is 10.1. The molecule has 2 aromatic carbocycles. The average molecular weight is 419 g/mol. The van der Waals surface area contributed by atoms with Crippen LogP contribution in [0.15, 0.2) is 48.5 Å². The van der Waals surface area contributed by atoms with Crippen molar-refractivity contribution >= 4 is 23.4 Å². The average Bonchev–Trinajstić information content (AvgIpc) is 3.23. The van der Waals surface area contributed by atoms with Gasteiger partial charge in [0, 0.05) is 42.3 Å². The number of benzene rings is 2. The van der Waals surface area contributed by atoms with Crippen LogP contribution in [0.5, 0.6) is 5.75 Å². The topological polar surface area (TPSA) is 33.7 Å². The molecular formula is C22H27ClN2O2S. The molecule has 28 heavy (non-hydrogen) atoms. The van der Waals surface area contributed by atoms with E-state index in [1.165, 1.54) is 5.56 Å². The first-order valence-corrected chi connectivity index (χ1v) is 11.3. The Hall–Kier alpha value is -1.24. The van der Waals surface area contributed by atoms with Crippen LogP contribution in [0.1, 0.15) is 17.2 Å². The third-order valence-electron chi connectivity index (χ3n) is 5.23. The van der Waals surface area contributed by atoms with Crippen molar-refractivity contribution in [3.8, 4) is 5.75 Å². The fraction of sp³-hybridized carbons (Fsp3) is 0.455. The van der Waals surface area contributed by atoms with E-state index in [0.29, 0.717) is 11.9 Å². The molecule has 4 rings (SSSR count). The van der Waals surface area contributed by atoms with E-state index < -0.39 is 0 Å². The van der Waals surface area contributed by atoms with E-state index in [4.69, 9.17) is 21.1 Å². The molecule has 1 N–H and O–H groups in total. The maximum absolute atomic E-state index is 6.12. The summed E-state index contributed by atoms with van der Waals surface area (Å²) in [6.45, 7) is 5.23. The first-order chi connectivity index (χ1) is 13.8. The Morgan fingerprint density at radius 3 is 2.89 bits per heavy atom. The van der Waals surface area contributed by atoms with Crippen molar-refractivity contribution in [3.63, 3.8) is 0 Å². The van der Waals surface area contributed by atoms with Crippen molar-refractivity contribution in [2.45, 2.75) is 17.8 Å². The van der Waals surface area contributed by atoms with Gasteiger partial charge in [0.1, 0.15) is 12.4 Å². The molecular weight excluding hydrogens is 392 g/mol. The van der Waals surface area contributed by atoms with Crippen LogP contribution in [-0.2, 0) is 11.2 Å². The van der Waals surface area contributed by atoms with Crippen LogP contribution in [-0.4, -0.2) is 55.4 Å². The zero-order chi connectivity index (χ0) is 19.2. The SMILES string of the molecule is Clc1cccc(C2CN(CCOc3ccc(CC4CNCS4)cc3)CCO2)c1. The fourth-order valence-corrected chi connectivity index (χ4v) is 4.89. The number of morpholine rings is 1. The number of rotatable bonds is 7. The molecule has 0 radical (unpaired) electrons. The first-order valence-electron chi connectivity index (χ1n) is 9.90. The Bertz CT molecular complexity index is 752. The van der Waals surface area contributed by atoms with E-state index in [9.17, 15) is 0 Å². The maximum Gasteiger partial charge on any atom is 0.119 e. The van der Waals surface area contributed by atoms with Crippen molar-refractivity contribution in [1.29, 1.82) is 0 Å². The van der Waals surface area contributed by atoms with Crippen LogP contribution >= 0.6 is 23.4 Å². The predicted octanol–water partition coefficient (Wildman–Crippen LogP) is 4.00. The van der Waals surface area contributed by atoms with Gasteiger partial charge >= 0.3 is 0 Å². The highest BCUT2D eigenvalue weighted by molar-refractivity contribution is 8.00. The number of ether oxygens (including phenoxy) is 2. The lowest BCUT2D eigenvalue weighted by molar-refractivity contribution is -0.0329. The van der Waals surface area contributed by atoms with E-state index in [1.54, 1.807) is 0 Å². The van der Waals surface area contributed by atoms with Crippen LogP contribution in [0.4, 0.5) is 0 Å². The zero-order valence-electron chi connectivity index (χ0n) is 16.0. The van der Waals surface area contributed by atoms with Gasteiger partial charge in [0.05, 0.1) is 12.7 Å². The molecule has 2 saturated heterocycles. The molecule has 0 aliphatic carbocycles. The van der Waals surface area contributed by atoms with Gasteiger partial charge in [-0.05, 0) is 41.8 Å². The van der Waals surface area contributed by atoms with E-state index in [2.05, 4.69) is 40.5 Å². The summed E-state index contributed by atoms with van der Waals surface area (Å²) in [6, 6.07) is 16.5. The summed E-state index contributed by atoms with van der Waals surface area (Å²) in [5, 5.41) is 4.85. The Kier molecular flexibility index (Phi) is 7.15. The molecule has 2 unspecified atom stereocenters. The predicted molar refractivity (Wildman–Crippen MR) is 116 cm³/mol. The Labute approximate surface area is 176 Å². The van der Waals surface area contributed by atoms with Crippen LogP contribution in [0.3, 0.4) is 0 Å². The first kappa shape index (κ1) is 20.0. The second-order valence-corrected chi connectivity index (χ2v) is 9.02. The molecule has 6 heteroatoms. The number of nitrogens with zero attached hydrogens (tertiary/aromatic N) is 1. The molecule has 2 fully saturated rings. The summed E-state index contributed by atoms with van der Waals surface area (Å²) in [7, 11) is 0. The third kappa shape index (κ3) is 5.65. The summed E-state index contributed by atoms with van der Waals surface area (Å²) in [5.41, 5.74) is 2.52. The summed E-state index contributed by atoms with van der Waals surface area (Å²) >= 11 is 8.12. The highest BCUT2D eigenvalue weighted by Crippen LogP contribution is 2.25. The van der Waals surface area contributed by atoms with E-state index >= 15 is 0 Å². The van der Waals surface area contributed by atoms with Crippen molar-refractivity contribution in [2.75, 3.05) is 45.3 Å². The molecule has 150 valence electrons. The van der Waals surface area contributed by atoms with E-state index in [1.807, 2.05) is 30.0 Å². The van der Waals surface area contributed by atoms with Gasteiger partial charge in [-0.3, -0.25) is 4.90 Å². The van der Waals surface area contributed by atoms with Gasteiger partial charge in [-0.15, -0.1) is 11.8 Å². The highest BCUT2D eigenvalue weighted by atomic mass is 35.5. The van der Waals surface area contributed by atoms with Crippen LogP contribution in [0.25, 0.3) is 0 Å². The molecule has 2 aliphatic heterocycles. The van der Waals surface area contributed by atoms with Gasteiger partial charge in [0.15, 0.2) is 0 Å². The number of hydrogen-bond donors (Lipinski definition) is 1. The van der Waals surface area contributed by atoms with Gasteiger partial charge in [-0.2, -0.15) is 0 Å². The van der Waals surface area contributed by atoms with Crippen molar-refractivity contribution in [2.24, 2.45) is 0 Å². The summed E-state index contributed by atoms with van der Waals surface area (Å²) in [6.07, 6.45) is 1.20. The number of thioether (sulfide) groups is 1. The number of hydrogen-bond acceptors (Lipinski definition) is 5. The monoisotopic (exact) mass is 418 g/mol. The molecule has 2 aromatic rings. The smallest absolute Gasteiger partial charge is 0.119 e. The number of nitrogens with one attached hydrogen (secondary N) is 1. The molecule has 0 aromatic heterocycles. The Morgan fingerprint density at radius 2 is 2.11 bits per heavy atom.